The number of rotatable bonds is 4. The molecule has 48 heavy (non-hydrogen) atoms. The SMILES string of the molecule is N#Cc1cc(-c2cccc(-c3ccccc3-n3c4ccccc4c4ccccc43)c2)cc(-n2c3ccccc3c3cc(C#N)ccc32)c1. The van der Waals surface area contributed by atoms with E-state index in [1.165, 1.54) is 21.8 Å². The number of benzene rings is 7. The fourth-order valence-corrected chi connectivity index (χ4v) is 7.25. The van der Waals surface area contributed by atoms with Gasteiger partial charge in [0, 0.05) is 32.8 Å². The van der Waals surface area contributed by atoms with E-state index in [2.05, 4.69) is 137 Å². The standard InChI is InChI=1S/C44H26N4/c45-27-29-20-21-44-39(24-29)38-15-4-6-17-41(38)47(44)34-23-30(28-46)22-33(26-34)31-10-9-11-32(25-31)35-12-1-5-16-40(35)48-42-18-7-2-13-36(42)37-14-3-8-19-43(37)48/h1-26H. The van der Waals surface area contributed by atoms with Crippen LogP contribution in [0.25, 0.3) is 77.2 Å². The maximum absolute atomic E-state index is 10.2. The molecule has 0 amide bonds. The van der Waals surface area contributed by atoms with Crippen LogP contribution in [0.1, 0.15) is 11.1 Å². The van der Waals surface area contributed by atoms with Gasteiger partial charge >= 0.3 is 0 Å². The van der Waals surface area contributed by atoms with Gasteiger partial charge in [-0.15, -0.1) is 0 Å². The van der Waals surface area contributed by atoms with E-state index in [1.54, 1.807) is 0 Å². The van der Waals surface area contributed by atoms with Crippen LogP contribution in [0.3, 0.4) is 0 Å². The van der Waals surface area contributed by atoms with Crippen molar-refractivity contribution in [2.45, 2.75) is 0 Å². The summed E-state index contributed by atoms with van der Waals surface area (Å²) in [6, 6.07) is 59.0. The number of fused-ring (bicyclic) bond motifs is 6. The predicted molar refractivity (Wildman–Crippen MR) is 195 cm³/mol. The first-order valence-corrected chi connectivity index (χ1v) is 15.9. The Hall–Kier alpha value is -6.88. The Bertz CT molecular complexity index is 2760. The van der Waals surface area contributed by atoms with Crippen molar-refractivity contribution in [1.29, 1.82) is 10.5 Å². The van der Waals surface area contributed by atoms with Gasteiger partial charge in [0.2, 0.25) is 0 Å². The van der Waals surface area contributed by atoms with Crippen LogP contribution in [0.5, 0.6) is 0 Å². The zero-order chi connectivity index (χ0) is 32.2. The van der Waals surface area contributed by atoms with Crippen molar-refractivity contribution in [1.82, 2.24) is 9.13 Å². The van der Waals surface area contributed by atoms with Crippen molar-refractivity contribution in [3.05, 3.63) is 169 Å². The van der Waals surface area contributed by atoms with Gasteiger partial charge in [0.25, 0.3) is 0 Å². The van der Waals surface area contributed by atoms with Crippen LogP contribution in [0.2, 0.25) is 0 Å². The Labute approximate surface area is 277 Å². The average Bonchev–Trinajstić information content (AvgIpc) is 3.67. The summed E-state index contributed by atoms with van der Waals surface area (Å²) in [5.74, 6) is 0. The van der Waals surface area contributed by atoms with Gasteiger partial charge in [0.05, 0.1) is 51.0 Å². The van der Waals surface area contributed by atoms with Gasteiger partial charge in [0.15, 0.2) is 0 Å². The van der Waals surface area contributed by atoms with Crippen LogP contribution in [-0.2, 0) is 0 Å². The van der Waals surface area contributed by atoms with Crippen molar-refractivity contribution in [3.63, 3.8) is 0 Å². The monoisotopic (exact) mass is 610 g/mol. The van der Waals surface area contributed by atoms with E-state index >= 15 is 0 Å². The Morgan fingerprint density at radius 1 is 0.375 bits per heavy atom. The number of hydrogen-bond acceptors (Lipinski definition) is 2. The lowest BCUT2D eigenvalue weighted by atomic mass is 9.96. The van der Waals surface area contributed by atoms with Crippen LogP contribution in [0, 0.1) is 22.7 Å². The van der Waals surface area contributed by atoms with Crippen molar-refractivity contribution < 1.29 is 0 Å². The first-order chi connectivity index (χ1) is 23.7. The summed E-state index contributed by atoms with van der Waals surface area (Å²) >= 11 is 0. The second kappa shape index (κ2) is 10.9. The Morgan fingerprint density at radius 3 is 1.67 bits per heavy atom. The second-order valence-corrected chi connectivity index (χ2v) is 12.0. The normalized spacial score (nSPS) is 11.3. The molecule has 0 unspecified atom stereocenters. The lowest BCUT2D eigenvalue weighted by Crippen LogP contribution is -1.97. The number of para-hydroxylation sites is 4. The molecule has 222 valence electrons. The molecule has 0 aliphatic heterocycles. The Balaban J connectivity index is 1.23. The van der Waals surface area contributed by atoms with Crippen molar-refractivity contribution >= 4 is 43.6 Å². The molecule has 9 rings (SSSR count). The quantitative estimate of drug-likeness (QED) is 0.199. The maximum atomic E-state index is 10.2. The van der Waals surface area contributed by atoms with Gasteiger partial charge in [0.1, 0.15) is 0 Å². The molecule has 2 aromatic heterocycles. The van der Waals surface area contributed by atoms with Crippen LogP contribution in [-0.4, -0.2) is 9.13 Å². The summed E-state index contributed by atoms with van der Waals surface area (Å²) in [5, 5.41) is 24.3. The highest BCUT2D eigenvalue weighted by atomic mass is 15.0. The summed E-state index contributed by atoms with van der Waals surface area (Å²) in [5.41, 5.74) is 11.8. The van der Waals surface area contributed by atoms with Crippen LogP contribution in [0.15, 0.2) is 158 Å². The number of aromatic nitrogens is 2. The highest BCUT2D eigenvalue weighted by Crippen LogP contribution is 2.38. The van der Waals surface area contributed by atoms with Gasteiger partial charge in [-0.2, -0.15) is 10.5 Å². The van der Waals surface area contributed by atoms with E-state index in [0.717, 1.165) is 55.4 Å². The number of nitrogens with zero attached hydrogens (tertiary/aromatic N) is 4. The lowest BCUT2D eigenvalue weighted by molar-refractivity contribution is 1.18. The lowest BCUT2D eigenvalue weighted by Gasteiger charge is -2.15. The molecule has 0 N–H and O–H groups in total. The zero-order valence-electron chi connectivity index (χ0n) is 25.8. The molecule has 0 radical (unpaired) electrons. The molecular weight excluding hydrogens is 585 g/mol. The summed E-state index contributed by atoms with van der Waals surface area (Å²) < 4.78 is 4.55. The van der Waals surface area contributed by atoms with Gasteiger partial charge in [-0.3, -0.25) is 0 Å². The minimum absolute atomic E-state index is 0.582. The predicted octanol–water partition coefficient (Wildman–Crippen LogP) is 11.0. The van der Waals surface area contributed by atoms with Crippen molar-refractivity contribution in [3.8, 4) is 45.8 Å². The molecule has 0 saturated carbocycles. The summed E-state index contributed by atoms with van der Waals surface area (Å²) in [4.78, 5) is 0. The number of nitriles is 2. The third kappa shape index (κ3) is 4.22. The molecule has 2 heterocycles. The van der Waals surface area contributed by atoms with Gasteiger partial charge < -0.3 is 9.13 Å². The molecule has 4 heteroatoms. The molecule has 7 aromatic carbocycles. The van der Waals surface area contributed by atoms with Crippen LogP contribution >= 0.6 is 0 Å². The van der Waals surface area contributed by atoms with E-state index in [-0.39, 0.29) is 0 Å². The van der Waals surface area contributed by atoms with Gasteiger partial charge in [-0.25, -0.2) is 0 Å². The molecule has 0 spiro atoms. The summed E-state index contributed by atoms with van der Waals surface area (Å²) in [6.07, 6.45) is 0. The molecule has 0 fully saturated rings. The molecule has 0 aliphatic rings. The summed E-state index contributed by atoms with van der Waals surface area (Å²) in [6.45, 7) is 0. The third-order valence-electron chi connectivity index (χ3n) is 9.34. The minimum atomic E-state index is 0.582. The van der Waals surface area contributed by atoms with Gasteiger partial charge in [-0.05, 0) is 83.4 Å². The first kappa shape index (κ1) is 27.4. The van der Waals surface area contributed by atoms with E-state index in [1.807, 2.05) is 42.5 Å². The Kier molecular flexibility index (Phi) is 6.22. The third-order valence-corrected chi connectivity index (χ3v) is 9.34. The Morgan fingerprint density at radius 2 is 0.958 bits per heavy atom. The molecule has 0 aliphatic carbocycles. The van der Waals surface area contributed by atoms with Crippen LogP contribution < -0.4 is 0 Å². The highest BCUT2D eigenvalue weighted by molar-refractivity contribution is 6.10. The molecule has 0 bridgehead atoms. The van der Waals surface area contributed by atoms with E-state index in [9.17, 15) is 10.5 Å². The molecule has 0 atom stereocenters. The molecule has 9 aromatic rings. The van der Waals surface area contributed by atoms with E-state index in [4.69, 9.17) is 0 Å². The van der Waals surface area contributed by atoms with E-state index < -0.39 is 0 Å². The number of hydrogen-bond donors (Lipinski definition) is 0. The molecular formula is C44H26N4. The topological polar surface area (TPSA) is 57.4 Å². The minimum Gasteiger partial charge on any atom is -0.309 e. The van der Waals surface area contributed by atoms with Crippen molar-refractivity contribution in [2.75, 3.05) is 0 Å². The summed E-state index contributed by atoms with van der Waals surface area (Å²) in [7, 11) is 0. The van der Waals surface area contributed by atoms with Crippen molar-refractivity contribution in [2.24, 2.45) is 0 Å². The molecule has 4 nitrogen and oxygen atoms in total. The highest BCUT2D eigenvalue weighted by Gasteiger charge is 2.17. The molecule has 0 saturated heterocycles. The average molecular weight is 611 g/mol. The zero-order valence-corrected chi connectivity index (χ0v) is 25.8. The second-order valence-electron chi connectivity index (χ2n) is 12.0. The van der Waals surface area contributed by atoms with E-state index in [0.29, 0.717) is 11.1 Å². The maximum Gasteiger partial charge on any atom is 0.0992 e. The largest absolute Gasteiger partial charge is 0.309 e. The first-order valence-electron chi connectivity index (χ1n) is 15.9. The smallest absolute Gasteiger partial charge is 0.0992 e. The van der Waals surface area contributed by atoms with Gasteiger partial charge in [-0.1, -0.05) is 91.0 Å². The van der Waals surface area contributed by atoms with Crippen LogP contribution in [0.4, 0.5) is 0 Å². The fraction of sp³-hybridized carbons (Fsp3) is 0. The fourth-order valence-electron chi connectivity index (χ4n) is 7.25.